The fraction of sp³-hybridized carbons (Fsp3) is 0.688. The standard InChI is InChI=1S/C16H27N3/c1-11(2)15-7-13(9-17-4)8-16(18-15)19(5)10-14-6-12(14)3/h7-8,11-12,14,17H,6,9-10H2,1-5H3. The van der Waals surface area contributed by atoms with Crippen LogP contribution in [0.15, 0.2) is 12.1 Å². The Morgan fingerprint density at radius 3 is 2.63 bits per heavy atom. The van der Waals surface area contributed by atoms with Crippen LogP contribution < -0.4 is 10.2 Å². The van der Waals surface area contributed by atoms with Crippen molar-refractivity contribution in [3.8, 4) is 0 Å². The number of rotatable bonds is 6. The van der Waals surface area contributed by atoms with Crippen molar-refractivity contribution in [2.24, 2.45) is 11.8 Å². The van der Waals surface area contributed by atoms with E-state index in [0.717, 1.165) is 30.7 Å². The predicted octanol–water partition coefficient (Wildman–Crippen LogP) is 3.02. The molecule has 0 radical (unpaired) electrons. The molecule has 3 nitrogen and oxygen atoms in total. The molecule has 2 unspecified atom stereocenters. The van der Waals surface area contributed by atoms with Gasteiger partial charge in [-0.3, -0.25) is 0 Å². The molecule has 2 atom stereocenters. The number of pyridine rings is 1. The molecule has 0 aliphatic heterocycles. The van der Waals surface area contributed by atoms with Crippen LogP contribution in [0.3, 0.4) is 0 Å². The highest BCUT2D eigenvalue weighted by molar-refractivity contribution is 5.43. The van der Waals surface area contributed by atoms with Crippen LogP contribution in [0.5, 0.6) is 0 Å². The first-order valence-electron chi connectivity index (χ1n) is 7.37. The van der Waals surface area contributed by atoms with E-state index in [1.54, 1.807) is 0 Å². The Kier molecular flexibility index (Phi) is 4.46. The van der Waals surface area contributed by atoms with Crippen LogP contribution in [-0.2, 0) is 6.54 Å². The Balaban J connectivity index is 2.17. The summed E-state index contributed by atoms with van der Waals surface area (Å²) in [6, 6.07) is 4.44. The van der Waals surface area contributed by atoms with Gasteiger partial charge in [0, 0.05) is 25.8 Å². The van der Waals surface area contributed by atoms with E-state index in [0.29, 0.717) is 5.92 Å². The lowest BCUT2D eigenvalue weighted by atomic mass is 10.1. The average Bonchev–Trinajstić information content (AvgIpc) is 3.04. The quantitative estimate of drug-likeness (QED) is 0.853. The van der Waals surface area contributed by atoms with Crippen molar-refractivity contribution in [1.29, 1.82) is 0 Å². The van der Waals surface area contributed by atoms with Gasteiger partial charge in [0.2, 0.25) is 0 Å². The number of hydrogen-bond donors (Lipinski definition) is 1. The Morgan fingerprint density at radius 2 is 2.11 bits per heavy atom. The molecule has 1 heterocycles. The number of nitrogens with one attached hydrogen (secondary N) is 1. The summed E-state index contributed by atoms with van der Waals surface area (Å²) in [6.45, 7) is 8.79. The molecule has 0 amide bonds. The van der Waals surface area contributed by atoms with E-state index in [1.165, 1.54) is 17.7 Å². The first-order chi connectivity index (χ1) is 9.01. The fourth-order valence-corrected chi connectivity index (χ4v) is 2.49. The number of nitrogens with zero attached hydrogens (tertiary/aromatic N) is 2. The monoisotopic (exact) mass is 261 g/mol. The second kappa shape index (κ2) is 5.91. The highest BCUT2D eigenvalue weighted by Crippen LogP contribution is 2.38. The van der Waals surface area contributed by atoms with Gasteiger partial charge in [0.25, 0.3) is 0 Å². The van der Waals surface area contributed by atoms with Gasteiger partial charge in [0.05, 0.1) is 0 Å². The minimum absolute atomic E-state index is 0.476. The van der Waals surface area contributed by atoms with Gasteiger partial charge in [-0.2, -0.15) is 0 Å². The predicted molar refractivity (Wildman–Crippen MR) is 81.6 cm³/mol. The molecule has 0 bridgehead atoms. The highest BCUT2D eigenvalue weighted by Gasteiger charge is 2.33. The van der Waals surface area contributed by atoms with Gasteiger partial charge >= 0.3 is 0 Å². The fourth-order valence-electron chi connectivity index (χ4n) is 2.49. The molecule has 1 aliphatic carbocycles. The first-order valence-corrected chi connectivity index (χ1v) is 7.37. The normalized spacial score (nSPS) is 21.8. The summed E-state index contributed by atoms with van der Waals surface area (Å²) in [6.07, 6.45) is 1.37. The lowest BCUT2D eigenvalue weighted by molar-refractivity contribution is 0.711. The third kappa shape index (κ3) is 3.69. The van der Waals surface area contributed by atoms with Crippen LogP contribution in [0.25, 0.3) is 0 Å². The van der Waals surface area contributed by atoms with Crippen LogP contribution >= 0.6 is 0 Å². The van der Waals surface area contributed by atoms with E-state index in [-0.39, 0.29) is 0 Å². The smallest absolute Gasteiger partial charge is 0.128 e. The molecule has 2 rings (SSSR count). The van der Waals surface area contributed by atoms with Crippen molar-refractivity contribution in [2.45, 2.75) is 39.7 Å². The maximum atomic E-state index is 4.82. The molecule has 0 spiro atoms. The van der Waals surface area contributed by atoms with E-state index in [1.807, 2.05) is 7.05 Å². The summed E-state index contributed by atoms with van der Waals surface area (Å²) in [4.78, 5) is 7.14. The van der Waals surface area contributed by atoms with E-state index in [4.69, 9.17) is 4.98 Å². The zero-order chi connectivity index (χ0) is 14.0. The SMILES string of the molecule is CNCc1cc(C(C)C)nc(N(C)CC2CC2C)c1. The van der Waals surface area contributed by atoms with Crippen LogP contribution in [0.2, 0.25) is 0 Å². The van der Waals surface area contributed by atoms with Crippen molar-refractivity contribution >= 4 is 5.82 Å². The lowest BCUT2D eigenvalue weighted by Crippen LogP contribution is -2.22. The number of aromatic nitrogens is 1. The van der Waals surface area contributed by atoms with Crippen LogP contribution in [0.4, 0.5) is 5.82 Å². The molecule has 3 heteroatoms. The molecule has 1 N–H and O–H groups in total. The summed E-state index contributed by atoms with van der Waals surface area (Å²) in [5, 5.41) is 3.23. The van der Waals surface area contributed by atoms with Gasteiger partial charge in [-0.1, -0.05) is 20.8 Å². The molecule has 1 aromatic rings. The van der Waals surface area contributed by atoms with Crippen molar-refractivity contribution in [3.63, 3.8) is 0 Å². The van der Waals surface area contributed by atoms with Crippen LogP contribution in [-0.4, -0.2) is 25.6 Å². The molecule has 1 fully saturated rings. The van der Waals surface area contributed by atoms with Gasteiger partial charge in [-0.25, -0.2) is 4.98 Å². The third-order valence-corrected chi connectivity index (χ3v) is 4.04. The van der Waals surface area contributed by atoms with Gasteiger partial charge in [-0.15, -0.1) is 0 Å². The van der Waals surface area contributed by atoms with Crippen molar-refractivity contribution < 1.29 is 0 Å². The Bertz CT molecular complexity index is 428. The second-order valence-electron chi connectivity index (χ2n) is 6.30. The van der Waals surface area contributed by atoms with Gasteiger partial charge in [0.1, 0.15) is 5.82 Å². The van der Waals surface area contributed by atoms with E-state index in [2.05, 4.69) is 50.2 Å². The Hall–Kier alpha value is -1.09. The third-order valence-electron chi connectivity index (χ3n) is 4.04. The first kappa shape index (κ1) is 14.3. The minimum atomic E-state index is 0.476. The van der Waals surface area contributed by atoms with Gasteiger partial charge in [-0.05, 0) is 48.9 Å². The maximum Gasteiger partial charge on any atom is 0.128 e. The number of anilines is 1. The summed E-state index contributed by atoms with van der Waals surface area (Å²) in [5.74, 6) is 3.36. The molecule has 0 saturated heterocycles. The van der Waals surface area contributed by atoms with Crippen molar-refractivity contribution in [2.75, 3.05) is 25.5 Å². The maximum absolute atomic E-state index is 4.82. The van der Waals surface area contributed by atoms with E-state index < -0.39 is 0 Å². The van der Waals surface area contributed by atoms with E-state index in [9.17, 15) is 0 Å². The molecular formula is C16H27N3. The topological polar surface area (TPSA) is 28.2 Å². The Labute approximate surface area is 117 Å². The molecule has 0 aromatic carbocycles. The molecule has 1 aliphatic rings. The Morgan fingerprint density at radius 1 is 1.42 bits per heavy atom. The highest BCUT2D eigenvalue weighted by atomic mass is 15.2. The summed E-state index contributed by atoms with van der Waals surface area (Å²) >= 11 is 0. The van der Waals surface area contributed by atoms with E-state index >= 15 is 0 Å². The molecule has 1 saturated carbocycles. The van der Waals surface area contributed by atoms with Crippen LogP contribution in [0, 0.1) is 11.8 Å². The summed E-state index contributed by atoms with van der Waals surface area (Å²) in [5.41, 5.74) is 2.52. The summed E-state index contributed by atoms with van der Waals surface area (Å²) < 4.78 is 0. The summed E-state index contributed by atoms with van der Waals surface area (Å²) in [7, 11) is 4.16. The largest absolute Gasteiger partial charge is 0.359 e. The minimum Gasteiger partial charge on any atom is -0.359 e. The number of hydrogen-bond acceptors (Lipinski definition) is 3. The second-order valence-corrected chi connectivity index (χ2v) is 6.30. The average molecular weight is 261 g/mol. The molecule has 1 aromatic heterocycles. The lowest BCUT2D eigenvalue weighted by Gasteiger charge is -2.21. The van der Waals surface area contributed by atoms with Crippen molar-refractivity contribution in [3.05, 3.63) is 23.4 Å². The zero-order valence-corrected chi connectivity index (χ0v) is 12.9. The van der Waals surface area contributed by atoms with Crippen LogP contribution in [0.1, 0.15) is 44.4 Å². The van der Waals surface area contributed by atoms with Gasteiger partial charge in [0.15, 0.2) is 0 Å². The zero-order valence-electron chi connectivity index (χ0n) is 12.9. The molecular weight excluding hydrogens is 234 g/mol. The van der Waals surface area contributed by atoms with Gasteiger partial charge < -0.3 is 10.2 Å². The van der Waals surface area contributed by atoms with Crippen molar-refractivity contribution in [1.82, 2.24) is 10.3 Å². The molecule has 106 valence electrons. The molecule has 19 heavy (non-hydrogen) atoms.